The fourth-order valence-corrected chi connectivity index (χ4v) is 3.53. The van der Waals surface area contributed by atoms with E-state index in [4.69, 9.17) is 4.74 Å². The quantitative estimate of drug-likeness (QED) is 0.798. The van der Waals surface area contributed by atoms with Gasteiger partial charge in [0.1, 0.15) is 6.10 Å². The van der Waals surface area contributed by atoms with Crippen molar-refractivity contribution < 1.29 is 4.74 Å². The Bertz CT molecular complexity index is 445. The molecule has 3 nitrogen and oxygen atoms in total. The molecular formula is C18H30N2O. The first-order valence-electron chi connectivity index (χ1n) is 8.32. The molecule has 1 fully saturated rings. The molecule has 1 aliphatic carbocycles. The van der Waals surface area contributed by atoms with E-state index >= 15 is 0 Å². The van der Waals surface area contributed by atoms with Gasteiger partial charge in [-0.05, 0) is 49.6 Å². The molecule has 1 aromatic rings. The lowest BCUT2D eigenvalue weighted by molar-refractivity contribution is 0.0531. The van der Waals surface area contributed by atoms with Gasteiger partial charge in [-0.2, -0.15) is 0 Å². The molecule has 3 heteroatoms. The van der Waals surface area contributed by atoms with Crippen LogP contribution >= 0.6 is 0 Å². The summed E-state index contributed by atoms with van der Waals surface area (Å²) < 4.78 is 6.17. The molecule has 2 atom stereocenters. The van der Waals surface area contributed by atoms with Crippen LogP contribution in [0.25, 0.3) is 0 Å². The van der Waals surface area contributed by atoms with Crippen LogP contribution in [0.15, 0.2) is 18.2 Å². The second kappa shape index (κ2) is 7.26. The third-order valence-electron chi connectivity index (χ3n) is 4.15. The van der Waals surface area contributed by atoms with E-state index in [1.165, 1.54) is 6.42 Å². The van der Waals surface area contributed by atoms with Gasteiger partial charge in [0.05, 0.1) is 5.69 Å². The van der Waals surface area contributed by atoms with Crippen LogP contribution in [0.5, 0.6) is 5.88 Å². The molecule has 0 aliphatic heterocycles. The minimum absolute atomic E-state index is 0.301. The van der Waals surface area contributed by atoms with Crippen LogP contribution in [0.1, 0.15) is 59.1 Å². The third-order valence-corrected chi connectivity index (χ3v) is 4.15. The molecule has 1 aromatic heterocycles. The van der Waals surface area contributed by atoms with Crippen molar-refractivity contribution in [2.75, 3.05) is 6.54 Å². The second-order valence-electron chi connectivity index (χ2n) is 7.30. The molecule has 2 unspecified atom stereocenters. The summed E-state index contributed by atoms with van der Waals surface area (Å²) in [6.45, 7) is 11.0. The molecule has 1 heterocycles. The van der Waals surface area contributed by atoms with E-state index in [-0.39, 0.29) is 0 Å². The first-order chi connectivity index (χ1) is 9.98. The average Bonchev–Trinajstić information content (AvgIpc) is 2.37. The number of ether oxygens (including phenoxy) is 1. The Morgan fingerprint density at radius 3 is 2.86 bits per heavy atom. The first kappa shape index (κ1) is 16.3. The maximum atomic E-state index is 6.17. The van der Waals surface area contributed by atoms with Gasteiger partial charge in [-0.3, -0.25) is 0 Å². The summed E-state index contributed by atoms with van der Waals surface area (Å²) in [4.78, 5) is 4.63. The molecule has 0 radical (unpaired) electrons. The zero-order chi connectivity index (χ0) is 15.3. The second-order valence-corrected chi connectivity index (χ2v) is 7.30. The van der Waals surface area contributed by atoms with Crippen molar-refractivity contribution in [1.29, 1.82) is 0 Å². The van der Waals surface area contributed by atoms with Gasteiger partial charge in [-0.15, -0.1) is 0 Å². The topological polar surface area (TPSA) is 34.1 Å². The normalized spacial score (nSPS) is 24.8. The van der Waals surface area contributed by atoms with Crippen molar-refractivity contribution in [3.8, 4) is 5.88 Å². The van der Waals surface area contributed by atoms with E-state index in [9.17, 15) is 0 Å². The van der Waals surface area contributed by atoms with Crippen LogP contribution in [-0.2, 0) is 6.54 Å². The number of hydrogen-bond acceptors (Lipinski definition) is 3. The Kier molecular flexibility index (Phi) is 5.63. The molecule has 1 N–H and O–H groups in total. The van der Waals surface area contributed by atoms with Gasteiger partial charge in [0.25, 0.3) is 0 Å². The molecule has 0 amide bonds. The minimum atomic E-state index is 0.301. The van der Waals surface area contributed by atoms with Crippen LogP contribution in [0, 0.1) is 11.3 Å². The molecule has 0 saturated heterocycles. The number of pyridine rings is 1. The van der Waals surface area contributed by atoms with E-state index in [0.29, 0.717) is 11.5 Å². The lowest BCUT2D eigenvalue weighted by Crippen LogP contribution is -2.34. The molecule has 118 valence electrons. The standard InChI is InChI=1S/C18H30N2O/c1-5-9-19-13-15-7-6-8-17(20-15)21-16-10-14(2)11-18(3,4)12-16/h6-8,14,16,19H,5,9-13H2,1-4H3. The summed E-state index contributed by atoms with van der Waals surface area (Å²) in [5, 5.41) is 3.38. The third kappa shape index (κ3) is 5.31. The average molecular weight is 290 g/mol. The molecular weight excluding hydrogens is 260 g/mol. The largest absolute Gasteiger partial charge is 0.474 e. The highest BCUT2D eigenvalue weighted by Gasteiger charge is 2.33. The maximum Gasteiger partial charge on any atom is 0.213 e. The van der Waals surface area contributed by atoms with Crippen LogP contribution in [-0.4, -0.2) is 17.6 Å². The zero-order valence-corrected chi connectivity index (χ0v) is 14.0. The Hall–Kier alpha value is -1.09. The molecule has 0 aromatic carbocycles. The molecule has 0 spiro atoms. The molecule has 0 bridgehead atoms. The summed E-state index contributed by atoms with van der Waals surface area (Å²) in [6.07, 6.45) is 5.00. The fourth-order valence-electron chi connectivity index (χ4n) is 3.53. The molecule has 1 saturated carbocycles. The van der Waals surface area contributed by atoms with Crippen LogP contribution in [0.2, 0.25) is 0 Å². The van der Waals surface area contributed by atoms with Gasteiger partial charge in [0.2, 0.25) is 5.88 Å². The van der Waals surface area contributed by atoms with Crippen molar-refractivity contribution in [2.24, 2.45) is 11.3 Å². The van der Waals surface area contributed by atoms with Crippen LogP contribution in [0.4, 0.5) is 0 Å². The fraction of sp³-hybridized carbons (Fsp3) is 0.722. The zero-order valence-electron chi connectivity index (χ0n) is 14.0. The monoisotopic (exact) mass is 290 g/mol. The number of nitrogens with one attached hydrogen (secondary N) is 1. The van der Waals surface area contributed by atoms with Gasteiger partial charge in [0, 0.05) is 12.6 Å². The maximum absolute atomic E-state index is 6.17. The Labute approximate surface area is 129 Å². The summed E-state index contributed by atoms with van der Waals surface area (Å²) in [5.74, 6) is 1.51. The highest BCUT2D eigenvalue weighted by molar-refractivity contribution is 5.16. The highest BCUT2D eigenvalue weighted by Crippen LogP contribution is 2.39. The van der Waals surface area contributed by atoms with E-state index in [2.05, 4.69) is 44.1 Å². The van der Waals surface area contributed by atoms with E-state index in [1.54, 1.807) is 0 Å². The van der Waals surface area contributed by atoms with Gasteiger partial charge >= 0.3 is 0 Å². The summed E-state index contributed by atoms with van der Waals surface area (Å²) in [7, 11) is 0. The highest BCUT2D eigenvalue weighted by atomic mass is 16.5. The number of rotatable bonds is 6. The van der Waals surface area contributed by atoms with E-state index in [0.717, 1.165) is 49.8 Å². The van der Waals surface area contributed by atoms with E-state index in [1.807, 2.05) is 12.1 Å². The molecule has 1 aliphatic rings. The number of nitrogens with zero attached hydrogens (tertiary/aromatic N) is 1. The lowest BCUT2D eigenvalue weighted by Gasteiger charge is -2.38. The van der Waals surface area contributed by atoms with E-state index < -0.39 is 0 Å². The SMILES string of the molecule is CCCNCc1cccc(OC2CC(C)CC(C)(C)C2)n1. The van der Waals surface area contributed by atoms with Gasteiger partial charge in [-0.1, -0.05) is 33.8 Å². The van der Waals surface area contributed by atoms with Crippen LogP contribution < -0.4 is 10.1 Å². The summed E-state index contributed by atoms with van der Waals surface area (Å²) in [6, 6.07) is 6.08. The summed E-state index contributed by atoms with van der Waals surface area (Å²) in [5.41, 5.74) is 1.44. The van der Waals surface area contributed by atoms with Crippen molar-refractivity contribution >= 4 is 0 Å². The van der Waals surface area contributed by atoms with Gasteiger partial charge < -0.3 is 10.1 Å². The lowest BCUT2D eigenvalue weighted by atomic mass is 9.71. The predicted octanol–water partition coefficient (Wildman–Crippen LogP) is 4.17. The summed E-state index contributed by atoms with van der Waals surface area (Å²) >= 11 is 0. The predicted molar refractivity (Wildman–Crippen MR) is 87.4 cm³/mol. The van der Waals surface area contributed by atoms with Gasteiger partial charge in [-0.25, -0.2) is 4.98 Å². The van der Waals surface area contributed by atoms with Crippen molar-refractivity contribution in [3.63, 3.8) is 0 Å². The molecule has 2 rings (SSSR count). The first-order valence-corrected chi connectivity index (χ1v) is 8.32. The smallest absolute Gasteiger partial charge is 0.213 e. The minimum Gasteiger partial charge on any atom is -0.474 e. The Balaban J connectivity index is 1.94. The van der Waals surface area contributed by atoms with Crippen molar-refractivity contribution in [3.05, 3.63) is 23.9 Å². The molecule has 21 heavy (non-hydrogen) atoms. The van der Waals surface area contributed by atoms with Crippen molar-refractivity contribution in [2.45, 2.75) is 66.0 Å². The van der Waals surface area contributed by atoms with Crippen LogP contribution in [0.3, 0.4) is 0 Å². The number of hydrogen-bond donors (Lipinski definition) is 1. The van der Waals surface area contributed by atoms with Gasteiger partial charge in [0.15, 0.2) is 0 Å². The van der Waals surface area contributed by atoms with Crippen molar-refractivity contribution in [1.82, 2.24) is 10.3 Å². The Morgan fingerprint density at radius 1 is 1.33 bits per heavy atom. The Morgan fingerprint density at radius 2 is 2.14 bits per heavy atom. The number of aromatic nitrogens is 1.